The van der Waals surface area contributed by atoms with Crippen molar-refractivity contribution in [3.8, 4) is 5.75 Å². The highest BCUT2D eigenvalue weighted by Gasteiger charge is 2.18. The van der Waals surface area contributed by atoms with Gasteiger partial charge in [0.15, 0.2) is 11.6 Å². The summed E-state index contributed by atoms with van der Waals surface area (Å²) < 4.78 is 18.7. The minimum absolute atomic E-state index is 0.276. The summed E-state index contributed by atoms with van der Waals surface area (Å²) in [6.45, 7) is 5.95. The maximum Gasteiger partial charge on any atom is 0.165 e. The van der Waals surface area contributed by atoms with Gasteiger partial charge in [-0.15, -0.1) is 0 Å². The first kappa shape index (κ1) is 10.5. The predicted molar refractivity (Wildman–Crippen MR) is 55.3 cm³/mol. The van der Waals surface area contributed by atoms with Crippen LogP contribution in [-0.4, -0.2) is 12.0 Å². The van der Waals surface area contributed by atoms with Crippen molar-refractivity contribution in [2.75, 3.05) is 6.66 Å². The molecule has 0 spiro atoms. The van der Waals surface area contributed by atoms with Gasteiger partial charge in [-0.25, -0.2) is 4.39 Å². The van der Waals surface area contributed by atoms with E-state index in [1.807, 2.05) is 20.5 Å². The molecule has 0 aromatic heterocycles. The summed E-state index contributed by atoms with van der Waals surface area (Å²) in [7, 11) is 0.617. The zero-order chi connectivity index (χ0) is 9.90. The third-order valence-electron chi connectivity index (χ3n) is 1.80. The largest absolute Gasteiger partial charge is 0.481 e. The van der Waals surface area contributed by atoms with Gasteiger partial charge in [-0.2, -0.15) is 0 Å². The average molecular weight is 200 g/mol. The molecule has 0 fully saturated rings. The van der Waals surface area contributed by atoms with Crippen LogP contribution in [0.5, 0.6) is 5.75 Å². The molecule has 0 aliphatic rings. The molecule has 1 aromatic rings. The van der Waals surface area contributed by atoms with Crippen molar-refractivity contribution in [2.24, 2.45) is 0 Å². The van der Waals surface area contributed by atoms with E-state index in [1.54, 1.807) is 18.2 Å². The van der Waals surface area contributed by atoms with Gasteiger partial charge in [-0.05, 0) is 32.6 Å². The molecule has 0 aliphatic carbocycles. The number of hydrogen-bond donors (Lipinski definition) is 0. The van der Waals surface area contributed by atoms with Crippen LogP contribution in [0.3, 0.4) is 0 Å². The number of para-hydroxylation sites is 1. The molecule has 13 heavy (non-hydrogen) atoms. The molecule has 0 amide bonds. The number of benzene rings is 1. The Hall–Kier alpha value is -0.620. The predicted octanol–water partition coefficient (Wildman–Crippen LogP) is 3.25. The topological polar surface area (TPSA) is 9.23 Å². The smallest absolute Gasteiger partial charge is 0.165 e. The molecule has 0 bridgehead atoms. The fourth-order valence-electron chi connectivity index (χ4n) is 0.853. The lowest BCUT2D eigenvalue weighted by molar-refractivity contribution is 0.194. The number of halogens is 1. The quantitative estimate of drug-likeness (QED) is 0.680. The van der Waals surface area contributed by atoms with Crippen LogP contribution < -0.4 is 4.74 Å². The van der Waals surface area contributed by atoms with Gasteiger partial charge in [0.25, 0.3) is 0 Å². The van der Waals surface area contributed by atoms with Crippen molar-refractivity contribution >= 4 is 8.58 Å². The molecule has 3 heteroatoms. The van der Waals surface area contributed by atoms with Crippen molar-refractivity contribution in [1.82, 2.24) is 0 Å². The molecule has 0 saturated carbocycles. The highest BCUT2D eigenvalue weighted by atomic mass is 31.1. The van der Waals surface area contributed by atoms with Gasteiger partial charge in [0, 0.05) is 0 Å². The van der Waals surface area contributed by atoms with Gasteiger partial charge in [0.1, 0.15) is 5.34 Å². The van der Waals surface area contributed by atoms with Crippen molar-refractivity contribution < 1.29 is 9.13 Å². The molecule has 1 unspecified atom stereocenters. The fourth-order valence-corrected chi connectivity index (χ4v) is 1.07. The number of hydrogen-bond acceptors (Lipinski definition) is 1. The Morgan fingerprint density at radius 3 is 2.46 bits per heavy atom. The summed E-state index contributed by atoms with van der Waals surface area (Å²) in [5, 5.41) is -0.276. The summed E-state index contributed by atoms with van der Waals surface area (Å²) in [4.78, 5) is 0. The molecule has 0 aliphatic heterocycles. The zero-order valence-electron chi connectivity index (χ0n) is 8.10. The van der Waals surface area contributed by atoms with E-state index in [1.165, 1.54) is 6.07 Å². The number of ether oxygens (including phenoxy) is 1. The SMILES string of the molecule is CPC(C)(C)Oc1ccccc1F. The first-order valence-corrected chi connectivity index (χ1v) is 5.67. The maximum atomic E-state index is 13.1. The first-order chi connectivity index (χ1) is 6.05. The van der Waals surface area contributed by atoms with Crippen LogP contribution in [0.25, 0.3) is 0 Å². The lowest BCUT2D eigenvalue weighted by atomic mass is 10.3. The molecule has 0 N–H and O–H groups in total. The molecular weight excluding hydrogens is 186 g/mol. The minimum atomic E-state index is -0.297. The third kappa shape index (κ3) is 2.96. The average Bonchev–Trinajstić information content (AvgIpc) is 2.09. The van der Waals surface area contributed by atoms with Gasteiger partial charge < -0.3 is 4.74 Å². The van der Waals surface area contributed by atoms with E-state index < -0.39 is 0 Å². The van der Waals surface area contributed by atoms with Crippen molar-refractivity contribution in [2.45, 2.75) is 19.2 Å². The highest BCUT2D eigenvalue weighted by Crippen LogP contribution is 2.31. The summed E-state index contributed by atoms with van der Waals surface area (Å²) in [5.41, 5.74) is 0. The second-order valence-electron chi connectivity index (χ2n) is 3.29. The lowest BCUT2D eigenvalue weighted by Gasteiger charge is -2.24. The molecule has 1 atom stereocenters. The van der Waals surface area contributed by atoms with Crippen molar-refractivity contribution in [3.63, 3.8) is 0 Å². The van der Waals surface area contributed by atoms with Crippen LogP contribution in [0.15, 0.2) is 24.3 Å². The normalized spacial score (nSPS) is 12.3. The minimum Gasteiger partial charge on any atom is -0.481 e. The van der Waals surface area contributed by atoms with E-state index in [9.17, 15) is 4.39 Å². The van der Waals surface area contributed by atoms with Gasteiger partial charge >= 0.3 is 0 Å². The molecule has 72 valence electrons. The van der Waals surface area contributed by atoms with Crippen LogP contribution in [0.4, 0.5) is 4.39 Å². The molecule has 0 radical (unpaired) electrons. The Morgan fingerprint density at radius 2 is 1.92 bits per heavy atom. The Morgan fingerprint density at radius 1 is 1.31 bits per heavy atom. The summed E-state index contributed by atoms with van der Waals surface area (Å²) in [6.07, 6.45) is 0. The zero-order valence-corrected chi connectivity index (χ0v) is 9.10. The summed E-state index contributed by atoms with van der Waals surface area (Å²) in [5.74, 6) is 0.0377. The third-order valence-corrected chi connectivity index (χ3v) is 3.11. The van der Waals surface area contributed by atoms with Crippen molar-refractivity contribution in [1.29, 1.82) is 0 Å². The van der Waals surface area contributed by atoms with Gasteiger partial charge in [-0.1, -0.05) is 20.7 Å². The molecule has 1 rings (SSSR count). The monoisotopic (exact) mass is 200 g/mol. The highest BCUT2D eigenvalue weighted by molar-refractivity contribution is 7.38. The molecule has 0 heterocycles. The Bertz CT molecular complexity index is 286. The summed E-state index contributed by atoms with van der Waals surface area (Å²) >= 11 is 0. The van der Waals surface area contributed by atoms with Crippen LogP contribution >= 0.6 is 8.58 Å². The van der Waals surface area contributed by atoms with Crippen LogP contribution in [0.1, 0.15) is 13.8 Å². The van der Waals surface area contributed by atoms with Gasteiger partial charge in [-0.3, -0.25) is 0 Å². The van der Waals surface area contributed by atoms with Gasteiger partial charge in [0.2, 0.25) is 0 Å². The second kappa shape index (κ2) is 4.06. The van der Waals surface area contributed by atoms with E-state index in [4.69, 9.17) is 4.74 Å². The Kier molecular flexibility index (Phi) is 3.27. The van der Waals surface area contributed by atoms with E-state index in [0.29, 0.717) is 14.3 Å². The standard InChI is InChI=1S/C10H14FOP/c1-10(2,13-3)12-9-7-5-4-6-8(9)11/h4-7,13H,1-3H3. The number of rotatable bonds is 3. The lowest BCUT2D eigenvalue weighted by Crippen LogP contribution is -2.21. The van der Waals surface area contributed by atoms with E-state index >= 15 is 0 Å². The van der Waals surface area contributed by atoms with E-state index in [-0.39, 0.29) is 11.2 Å². The maximum absolute atomic E-state index is 13.1. The fraction of sp³-hybridized carbons (Fsp3) is 0.400. The summed E-state index contributed by atoms with van der Waals surface area (Å²) in [6, 6.07) is 6.48. The van der Waals surface area contributed by atoms with Crippen LogP contribution in [0.2, 0.25) is 0 Å². The van der Waals surface area contributed by atoms with Crippen LogP contribution in [0, 0.1) is 5.82 Å². The Labute approximate surface area is 80.1 Å². The Balaban J connectivity index is 2.80. The molecular formula is C10H14FOP. The second-order valence-corrected chi connectivity index (χ2v) is 5.00. The van der Waals surface area contributed by atoms with Crippen molar-refractivity contribution in [3.05, 3.63) is 30.1 Å². The van der Waals surface area contributed by atoms with E-state index in [2.05, 4.69) is 0 Å². The first-order valence-electron chi connectivity index (χ1n) is 4.17. The molecule has 1 nitrogen and oxygen atoms in total. The molecule has 1 aromatic carbocycles. The van der Waals surface area contributed by atoms with Crippen LogP contribution in [-0.2, 0) is 0 Å². The molecule has 0 saturated heterocycles. The van der Waals surface area contributed by atoms with E-state index in [0.717, 1.165) is 0 Å². The van der Waals surface area contributed by atoms with Gasteiger partial charge in [0.05, 0.1) is 0 Å².